The van der Waals surface area contributed by atoms with Gasteiger partial charge in [-0.2, -0.15) is 0 Å². The zero-order valence-corrected chi connectivity index (χ0v) is 22.8. The minimum Gasteiger partial charge on any atom is -0.485 e. The molecule has 1 aliphatic carbocycles. The average molecular weight is 518 g/mol. The van der Waals surface area contributed by atoms with Gasteiger partial charge in [-0.3, -0.25) is 4.79 Å². The summed E-state index contributed by atoms with van der Waals surface area (Å²) in [5, 5.41) is 18.6. The molecule has 1 saturated carbocycles. The molecule has 0 spiro atoms. The van der Waals surface area contributed by atoms with E-state index in [9.17, 15) is 19.5 Å². The number of urea groups is 2. The van der Waals surface area contributed by atoms with Crippen LogP contribution in [0.5, 0.6) is 5.75 Å². The van der Waals surface area contributed by atoms with Crippen LogP contribution in [0.25, 0.3) is 0 Å². The summed E-state index contributed by atoms with van der Waals surface area (Å²) in [5.41, 5.74) is 0.669. The van der Waals surface area contributed by atoms with Gasteiger partial charge in [-0.25, -0.2) is 9.59 Å². The highest BCUT2D eigenvalue weighted by molar-refractivity contribution is 6.01. The van der Waals surface area contributed by atoms with Gasteiger partial charge in [-0.15, -0.1) is 0 Å². The van der Waals surface area contributed by atoms with E-state index in [4.69, 9.17) is 4.74 Å². The van der Waals surface area contributed by atoms with Crippen LogP contribution in [0.4, 0.5) is 15.3 Å². The van der Waals surface area contributed by atoms with Gasteiger partial charge in [0.2, 0.25) is 0 Å². The summed E-state index contributed by atoms with van der Waals surface area (Å²) in [4.78, 5) is 42.3. The summed E-state index contributed by atoms with van der Waals surface area (Å²) in [6, 6.07) is 4.19. The minimum absolute atomic E-state index is 0.0712. The van der Waals surface area contributed by atoms with Crippen LogP contribution >= 0.6 is 0 Å². The molecule has 10 heteroatoms. The van der Waals surface area contributed by atoms with E-state index in [1.807, 2.05) is 20.8 Å². The topological polar surface area (TPSA) is 123 Å². The number of hydrogen-bond donors (Lipinski definition) is 4. The molecule has 0 saturated heterocycles. The number of nitrogens with zero attached hydrogens (tertiary/aromatic N) is 2. The predicted molar refractivity (Wildman–Crippen MR) is 143 cm³/mol. The van der Waals surface area contributed by atoms with E-state index in [1.165, 1.54) is 6.42 Å². The number of carbonyl (C=O) groups excluding carboxylic acids is 3. The highest BCUT2D eigenvalue weighted by Gasteiger charge is 2.35. The Kier molecular flexibility index (Phi) is 10.0. The Balaban J connectivity index is 1.89. The number of aliphatic hydroxyl groups is 1. The molecule has 0 bridgehead atoms. The lowest BCUT2D eigenvalue weighted by Crippen LogP contribution is -2.52. The normalized spacial score (nSPS) is 21.3. The van der Waals surface area contributed by atoms with Gasteiger partial charge in [0.15, 0.2) is 5.75 Å². The number of benzene rings is 1. The van der Waals surface area contributed by atoms with Crippen LogP contribution in [0.1, 0.15) is 70.2 Å². The number of aliphatic hydroxyl groups excluding tert-OH is 1. The number of fused-ring (bicyclic) bond motifs is 1. The predicted octanol–water partition coefficient (Wildman–Crippen LogP) is 3.41. The first kappa shape index (κ1) is 28.6. The lowest BCUT2D eigenvalue weighted by molar-refractivity contribution is 0.0368. The van der Waals surface area contributed by atoms with E-state index >= 15 is 0 Å². The van der Waals surface area contributed by atoms with Crippen molar-refractivity contribution in [2.45, 2.75) is 84.0 Å². The summed E-state index contributed by atoms with van der Waals surface area (Å²) < 4.78 is 6.45. The van der Waals surface area contributed by atoms with Crippen molar-refractivity contribution in [3.05, 3.63) is 23.8 Å². The van der Waals surface area contributed by atoms with Crippen molar-refractivity contribution in [1.29, 1.82) is 0 Å². The molecule has 3 atom stereocenters. The van der Waals surface area contributed by atoms with E-state index in [2.05, 4.69) is 16.0 Å². The number of para-hydroxylation sites is 1. The Morgan fingerprint density at radius 3 is 2.54 bits per heavy atom. The van der Waals surface area contributed by atoms with Crippen molar-refractivity contribution in [1.82, 2.24) is 20.4 Å². The van der Waals surface area contributed by atoms with Crippen LogP contribution in [0.15, 0.2) is 18.2 Å². The third-order valence-electron chi connectivity index (χ3n) is 7.09. The van der Waals surface area contributed by atoms with Gasteiger partial charge in [0.05, 0.1) is 30.4 Å². The van der Waals surface area contributed by atoms with Gasteiger partial charge < -0.3 is 35.6 Å². The van der Waals surface area contributed by atoms with E-state index in [1.54, 1.807) is 42.0 Å². The standard InChI is InChI=1S/C27H43N5O5/c1-17(2)28-26(35)30-22-13-9-12-21-24(22)37-23(18(3)14-32(25(21)34)19(4)16-33)15-31(5)27(36)29-20-10-7-6-8-11-20/h9,12-13,17-20,23,33H,6-8,10-11,14-16H2,1-5H3,(H,29,36)(H2,28,30,35)/t18-,19+,23+/m0/s1. The van der Waals surface area contributed by atoms with Crippen LogP contribution in [-0.4, -0.2) is 83.8 Å². The van der Waals surface area contributed by atoms with Gasteiger partial charge in [-0.1, -0.05) is 32.3 Å². The molecule has 0 aromatic heterocycles. The maximum Gasteiger partial charge on any atom is 0.319 e. The van der Waals surface area contributed by atoms with Gasteiger partial charge in [-0.05, 0) is 45.7 Å². The molecule has 1 aliphatic heterocycles. The van der Waals surface area contributed by atoms with Crippen molar-refractivity contribution in [3.8, 4) is 5.75 Å². The molecule has 1 fully saturated rings. The van der Waals surface area contributed by atoms with Crippen LogP contribution in [0, 0.1) is 5.92 Å². The molecule has 2 aliphatic rings. The Bertz CT molecular complexity index is 949. The van der Waals surface area contributed by atoms with Crippen molar-refractivity contribution < 1.29 is 24.2 Å². The highest BCUT2D eigenvalue weighted by atomic mass is 16.5. The molecule has 0 unspecified atom stereocenters. The maximum absolute atomic E-state index is 13.5. The van der Waals surface area contributed by atoms with Crippen LogP contribution in [-0.2, 0) is 0 Å². The number of carbonyl (C=O) groups is 3. The molecule has 206 valence electrons. The molecule has 0 radical (unpaired) electrons. The summed E-state index contributed by atoms with van der Waals surface area (Å²) in [6.07, 6.45) is 4.99. The first-order valence-corrected chi connectivity index (χ1v) is 13.4. The zero-order valence-electron chi connectivity index (χ0n) is 22.8. The summed E-state index contributed by atoms with van der Waals surface area (Å²) >= 11 is 0. The zero-order chi connectivity index (χ0) is 27.1. The van der Waals surface area contributed by atoms with Crippen molar-refractivity contribution in [2.75, 3.05) is 32.1 Å². The van der Waals surface area contributed by atoms with E-state index in [-0.39, 0.29) is 42.3 Å². The monoisotopic (exact) mass is 517 g/mol. The SMILES string of the molecule is CC(C)NC(=O)Nc1cccc2c1O[C@H](CN(C)C(=O)NC1CCCCC1)[C@@H](C)CN([C@H](C)CO)C2=O. The Labute approximate surface area is 220 Å². The molecule has 1 aromatic carbocycles. The summed E-state index contributed by atoms with van der Waals surface area (Å²) in [7, 11) is 1.74. The van der Waals surface area contributed by atoms with Crippen molar-refractivity contribution >= 4 is 23.7 Å². The highest BCUT2D eigenvalue weighted by Crippen LogP contribution is 2.35. The molecular formula is C27H43N5O5. The average Bonchev–Trinajstić information content (AvgIpc) is 2.86. The number of ether oxygens (including phenoxy) is 1. The first-order valence-electron chi connectivity index (χ1n) is 13.4. The second-order valence-corrected chi connectivity index (χ2v) is 10.7. The van der Waals surface area contributed by atoms with Crippen molar-refractivity contribution in [3.63, 3.8) is 0 Å². The number of nitrogens with one attached hydrogen (secondary N) is 3. The lowest BCUT2D eigenvalue weighted by Gasteiger charge is -2.38. The summed E-state index contributed by atoms with van der Waals surface area (Å²) in [5.74, 6) is -0.175. The molecule has 5 amide bonds. The van der Waals surface area contributed by atoms with Gasteiger partial charge >= 0.3 is 12.1 Å². The van der Waals surface area contributed by atoms with Crippen LogP contribution in [0.2, 0.25) is 0 Å². The number of likely N-dealkylation sites (N-methyl/N-ethyl adjacent to an activating group) is 1. The Morgan fingerprint density at radius 1 is 1.19 bits per heavy atom. The van der Waals surface area contributed by atoms with Crippen LogP contribution in [0.3, 0.4) is 0 Å². The number of rotatable bonds is 7. The molecule has 1 heterocycles. The van der Waals surface area contributed by atoms with Gasteiger partial charge in [0.1, 0.15) is 6.10 Å². The smallest absolute Gasteiger partial charge is 0.319 e. The Morgan fingerprint density at radius 2 is 1.89 bits per heavy atom. The second-order valence-electron chi connectivity index (χ2n) is 10.7. The molecule has 37 heavy (non-hydrogen) atoms. The van der Waals surface area contributed by atoms with Crippen LogP contribution < -0.4 is 20.7 Å². The molecule has 3 rings (SSSR count). The first-order chi connectivity index (χ1) is 17.6. The Hall–Kier alpha value is -3.01. The van der Waals surface area contributed by atoms with E-state index in [0.717, 1.165) is 25.7 Å². The lowest BCUT2D eigenvalue weighted by atomic mass is 9.96. The molecule has 1 aromatic rings. The number of amides is 5. The van der Waals surface area contributed by atoms with Crippen molar-refractivity contribution in [2.24, 2.45) is 5.92 Å². The quantitative estimate of drug-likeness (QED) is 0.441. The van der Waals surface area contributed by atoms with E-state index in [0.29, 0.717) is 24.3 Å². The third kappa shape index (κ3) is 7.50. The van der Waals surface area contributed by atoms with Gasteiger partial charge in [0.25, 0.3) is 5.91 Å². The second kappa shape index (κ2) is 13.0. The fourth-order valence-corrected chi connectivity index (χ4v) is 4.86. The largest absolute Gasteiger partial charge is 0.485 e. The van der Waals surface area contributed by atoms with Gasteiger partial charge in [0, 0.05) is 31.6 Å². The summed E-state index contributed by atoms with van der Waals surface area (Å²) in [6.45, 7) is 7.94. The molecular weight excluding hydrogens is 474 g/mol. The molecule has 4 N–H and O–H groups in total. The molecule has 10 nitrogen and oxygen atoms in total. The minimum atomic E-state index is -0.460. The number of hydrogen-bond acceptors (Lipinski definition) is 5. The van der Waals surface area contributed by atoms with E-state index < -0.39 is 18.2 Å². The fourth-order valence-electron chi connectivity index (χ4n) is 4.86. The fraction of sp³-hybridized carbons (Fsp3) is 0.667. The third-order valence-corrected chi connectivity index (χ3v) is 7.09. The number of anilines is 1. The maximum atomic E-state index is 13.5.